The first-order chi connectivity index (χ1) is 9.29. The number of anilines is 1. The van der Waals surface area contributed by atoms with Gasteiger partial charge in [0.25, 0.3) is 10.0 Å². The fourth-order valence-corrected chi connectivity index (χ4v) is 3.29. The lowest BCUT2D eigenvalue weighted by atomic mass is 10.3. The quantitative estimate of drug-likeness (QED) is 0.790. The zero-order valence-electron chi connectivity index (χ0n) is 9.57. The molecule has 0 spiro atoms. The van der Waals surface area contributed by atoms with E-state index in [4.69, 9.17) is 23.2 Å². The number of hydrogen-bond acceptors (Lipinski definition) is 3. The number of sulfonamides is 1. The molecule has 1 aromatic carbocycles. The monoisotopic (exact) mass is 398 g/mol. The molecule has 0 atom stereocenters. The molecule has 0 unspecified atom stereocenters. The predicted molar refractivity (Wildman–Crippen MR) is 79.2 cm³/mol. The van der Waals surface area contributed by atoms with Gasteiger partial charge in [-0.25, -0.2) is 17.8 Å². The molecule has 0 saturated heterocycles. The molecule has 0 radical (unpaired) electrons. The van der Waals surface area contributed by atoms with E-state index in [2.05, 4.69) is 25.6 Å². The van der Waals surface area contributed by atoms with Gasteiger partial charge in [-0.05, 0) is 40.2 Å². The topological polar surface area (TPSA) is 59.1 Å². The van der Waals surface area contributed by atoms with Crippen molar-refractivity contribution in [2.24, 2.45) is 0 Å². The van der Waals surface area contributed by atoms with E-state index in [0.717, 1.165) is 18.3 Å². The molecule has 0 saturated carbocycles. The van der Waals surface area contributed by atoms with Crippen molar-refractivity contribution in [3.8, 4) is 0 Å². The molecule has 1 heterocycles. The van der Waals surface area contributed by atoms with E-state index in [1.54, 1.807) is 0 Å². The summed E-state index contributed by atoms with van der Waals surface area (Å²) in [6.45, 7) is 0. The van der Waals surface area contributed by atoms with Gasteiger partial charge >= 0.3 is 0 Å². The Labute approximate surface area is 133 Å². The van der Waals surface area contributed by atoms with Gasteiger partial charge in [0.2, 0.25) is 0 Å². The van der Waals surface area contributed by atoms with Crippen molar-refractivity contribution in [3.05, 3.63) is 50.9 Å². The number of rotatable bonds is 3. The zero-order chi connectivity index (χ0) is 14.9. The highest BCUT2D eigenvalue weighted by Crippen LogP contribution is 2.27. The largest absolute Gasteiger partial charge is 0.278 e. The summed E-state index contributed by atoms with van der Waals surface area (Å²) in [6, 6.07) is 4.75. The van der Waals surface area contributed by atoms with E-state index in [-0.39, 0.29) is 25.2 Å². The highest BCUT2D eigenvalue weighted by Gasteiger charge is 2.17. The van der Waals surface area contributed by atoms with Crippen LogP contribution in [-0.2, 0) is 10.0 Å². The number of nitrogens with one attached hydrogen (secondary N) is 1. The molecule has 0 aliphatic rings. The lowest BCUT2D eigenvalue weighted by molar-refractivity contribution is 0.600. The lowest BCUT2D eigenvalue weighted by Crippen LogP contribution is -2.13. The normalized spacial score (nSPS) is 11.4. The molecule has 2 aromatic rings. The Morgan fingerprint density at radius 3 is 2.55 bits per heavy atom. The Hall–Kier alpha value is -0.890. The van der Waals surface area contributed by atoms with Gasteiger partial charge in [0, 0.05) is 10.7 Å². The summed E-state index contributed by atoms with van der Waals surface area (Å²) < 4.78 is 39.8. The summed E-state index contributed by atoms with van der Waals surface area (Å²) >= 11 is 14.4. The molecule has 0 aliphatic heterocycles. The maximum atomic E-state index is 13.0. The fourth-order valence-electron chi connectivity index (χ4n) is 1.33. The minimum absolute atomic E-state index is 0.00794. The van der Waals surface area contributed by atoms with E-state index in [1.807, 2.05) is 0 Å². The zero-order valence-corrected chi connectivity index (χ0v) is 13.5. The molecule has 106 valence electrons. The van der Waals surface area contributed by atoms with Crippen molar-refractivity contribution in [1.82, 2.24) is 4.98 Å². The molecular weight excluding hydrogens is 394 g/mol. The smallest absolute Gasteiger partial charge is 0.263 e. The SMILES string of the molecule is O=S(=O)(Nc1ccc(F)cc1Br)c1cnc(Cl)c(Cl)c1. The van der Waals surface area contributed by atoms with E-state index in [1.165, 1.54) is 12.1 Å². The number of pyridine rings is 1. The molecule has 9 heteroatoms. The average molecular weight is 400 g/mol. The van der Waals surface area contributed by atoms with E-state index in [0.29, 0.717) is 0 Å². The Balaban J connectivity index is 2.38. The Bertz CT molecular complexity index is 771. The van der Waals surface area contributed by atoms with Gasteiger partial charge in [0.1, 0.15) is 15.9 Å². The lowest BCUT2D eigenvalue weighted by Gasteiger charge is -2.10. The summed E-state index contributed by atoms with van der Waals surface area (Å²) in [6.07, 6.45) is 1.08. The molecule has 1 N–H and O–H groups in total. The summed E-state index contributed by atoms with van der Waals surface area (Å²) in [4.78, 5) is 3.52. The first-order valence-corrected chi connectivity index (χ1v) is 8.12. The minimum Gasteiger partial charge on any atom is -0.278 e. The van der Waals surface area contributed by atoms with Crippen LogP contribution < -0.4 is 4.72 Å². The van der Waals surface area contributed by atoms with Crippen LogP contribution in [0.1, 0.15) is 0 Å². The minimum atomic E-state index is -3.90. The molecule has 20 heavy (non-hydrogen) atoms. The van der Waals surface area contributed by atoms with Crippen molar-refractivity contribution >= 4 is 54.8 Å². The van der Waals surface area contributed by atoms with Crippen LogP contribution in [0.25, 0.3) is 0 Å². The third-order valence-electron chi connectivity index (χ3n) is 2.26. The van der Waals surface area contributed by atoms with Crippen LogP contribution in [0.3, 0.4) is 0 Å². The number of aromatic nitrogens is 1. The fraction of sp³-hybridized carbons (Fsp3) is 0. The average Bonchev–Trinajstić information content (AvgIpc) is 2.36. The molecular formula is C11H6BrCl2FN2O2S. The molecule has 0 bridgehead atoms. The highest BCUT2D eigenvalue weighted by atomic mass is 79.9. The van der Waals surface area contributed by atoms with Crippen LogP contribution in [0.2, 0.25) is 10.2 Å². The van der Waals surface area contributed by atoms with Crippen LogP contribution in [0.5, 0.6) is 0 Å². The summed E-state index contributed by atoms with van der Waals surface area (Å²) in [5, 5.41) is 0.0290. The first kappa shape index (κ1) is 15.5. The maximum absolute atomic E-state index is 13.0. The van der Waals surface area contributed by atoms with Crippen molar-refractivity contribution in [2.45, 2.75) is 4.90 Å². The van der Waals surface area contributed by atoms with Gasteiger partial charge in [-0.15, -0.1) is 0 Å². The van der Waals surface area contributed by atoms with E-state index >= 15 is 0 Å². The Morgan fingerprint density at radius 2 is 1.95 bits per heavy atom. The second kappa shape index (κ2) is 5.85. The second-order valence-electron chi connectivity index (χ2n) is 3.67. The third-order valence-corrected chi connectivity index (χ3v) is 4.93. The standard InChI is InChI=1S/C11H6BrCl2FN2O2S/c12-8-3-6(15)1-2-10(8)17-20(18,19)7-4-9(13)11(14)16-5-7/h1-5,17H. The van der Waals surface area contributed by atoms with Gasteiger partial charge in [0.05, 0.1) is 10.7 Å². The van der Waals surface area contributed by atoms with Gasteiger partial charge in [0.15, 0.2) is 0 Å². The van der Waals surface area contributed by atoms with Crippen LogP contribution in [-0.4, -0.2) is 13.4 Å². The second-order valence-corrected chi connectivity index (χ2v) is 6.98. The molecule has 0 aliphatic carbocycles. The third kappa shape index (κ3) is 3.41. The number of nitrogens with zero attached hydrogens (tertiary/aromatic N) is 1. The van der Waals surface area contributed by atoms with Gasteiger partial charge in [-0.1, -0.05) is 23.2 Å². The van der Waals surface area contributed by atoms with Crippen molar-refractivity contribution in [3.63, 3.8) is 0 Å². The Kier molecular flexibility index (Phi) is 4.53. The number of halogens is 4. The number of benzene rings is 1. The van der Waals surface area contributed by atoms with Crippen LogP contribution in [0.15, 0.2) is 39.8 Å². The van der Waals surface area contributed by atoms with E-state index < -0.39 is 15.8 Å². The molecule has 2 rings (SSSR count). The Morgan fingerprint density at radius 1 is 1.25 bits per heavy atom. The van der Waals surface area contributed by atoms with E-state index in [9.17, 15) is 12.8 Å². The first-order valence-electron chi connectivity index (χ1n) is 5.08. The number of hydrogen-bond donors (Lipinski definition) is 1. The molecule has 4 nitrogen and oxygen atoms in total. The molecule has 1 aromatic heterocycles. The summed E-state index contributed by atoms with van der Waals surface area (Å²) in [7, 11) is -3.90. The van der Waals surface area contributed by atoms with Crippen molar-refractivity contribution in [1.29, 1.82) is 0 Å². The predicted octanol–water partition coefficient (Wildman–Crippen LogP) is 4.09. The van der Waals surface area contributed by atoms with Crippen LogP contribution >= 0.6 is 39.1 Å². The summed E-state index contributed by atoms with van der Waals surface area (Å²) in [5.41, 5.74) is 0.192. The summed E-state index contributed by atoms with van der Waals surface area (Å²) in [5.74, 6) is -0.490. The van der Waals surface area contributed by atoms with Gasteiger partial charge in [-0.3, -0.25) is 4.72 Å². The van der Waals surface area contributed by atoms with Crippen LogP contribution in [0.4, 0.5) is 10.1 Å². The molecule has 0 fully saturated rings. The maximum Gasteiger partial charge on any atom is 0.263 e. The van der Waals surface area contributed by atoms with Crippen molar-refractivity contribution < 1.29 is 12.8 Å². The molecule has 0 amide bonds. The highest BCUT2D eigenvalue weighted by molar-refractivity contribution is 9.10. The van der Waals surface area contributed by atoms with Crippen molar-refractivity contribution in [2.75, 3.05) is 4.72 Å². The van der Waals surface area contributed by atoms with Gasteiger partial charge in [-0.2, -0.15) is 0 Å². The van der Waals surface area contributed by atoms with Gasteiger partial charge < -0.3 is 0 Å². The van der Waals surface area contributed by atoms with Crippen LogP contribution in [0, 0.1) is 5.82 Å².